The summed E-state index contributed by atoms with van der Waals surface area (Å²) >= 11 is 6.15. The Kier molecular flexibility index (Phi) is 7.13. The van der Waals surface area contributed by atoms with Gasteiger partial charge in [0.05, 0.1) is 17.6 Å². The van der Waals surface area contributed by atoms with Crippen LogP contribution >= 0.6 is 11.6 Å². The van der Waals surface area contributed by atoms with Crippen molar-refractivity contribution in [3.63, 3.8) is 0 Å². The average molecular weight is 401 g/mol. The molecular formula is C17H17ClF3NaO4. The van der Waals surface area contributed by atoms with Crippen molar-refractivity contribution in [1.82, 2.24) is 0 Å². The van der Waals surface area contributed by atoms with E-state index in [1.807, 2.05) is 20.8 Å². The Labute approximate surface area is 176 Å². The molecular weight excluding hydrogens is 384 g/mol. The molecule has 138 valence electrons. The largest absolute Gasteiger partial charge is 1.00 e. The first-order valence-electron chi connectivity index (χ1n) is 7.43. The summed E-state index contributed by atoms with van der Waals surface area (Å²) in [6.07, 6.45) is -6.64. The Bertz CT molecular complexity index is 739. The maximum Gasteiger partial charge on any atom is 1.00 e. The molecule has 0 saturated carbocycles. The number of halogens is 4. The summed E-state index contributed by atoms with van der Waals surface area (Å²) in [6, 6.07) is 1.32. The first-order valence-corrected chi connectivity index (χ1v) is 7.81. The minimum absolute atomic E-state index is 0. The van der Waals surface area contributed by atoms with Gasteiger partial charge in [0.15, 0.2) is 0 Å². The van der Waals surface area contributed by atoms with Gasteiger partial charge in [-0.25, -0.2) is 0 Å². The molecule has 1 atom stereocenters. The maximum absolute atomic E-state index is 13.1. The summed E-state index contributed by atoms with van der Waals surface area (Å²) in [4.78, 5) is 11.1. The van der Waals surface area contributed by atoms with Crippen LogP contribution in [0.4, 0.5) is 13.2 Å². The molecule has 1 aromatic rings. The second-order valence-electron chi connectivity index (χ2n) is 7.01. The molecule has 1 aliphatic rings. The van der Waals surface area contributed by atoms with Crippen LogP contribution in [0.3, 0.4) is 0 Å². The molecule has 1 aliphatic heterocycles. The molecule has 1 aromatic carbocycles. The minimum atomic E-state index is -4.90. The molecule has 0 aromatic heterocycles. The zero-order valence-corrected chi connectivity index (χ0v) is 17.8. The molecule has 9 heteroatoms. The monoisotopic (exact) mass is 400 g/mol. The fourth-order valence-corrected chi connectivity index (χ4v) is 2.64. The third-order valence-electron chi connectivity index (χ3n) is 3.45. The normalized spacial score (nSPS) is 16.8. The molecule has 1 heterocycles. The molecule has 1 unspecified atom stereocenters. The Hall–Kier alpha value is -0.890. The van der Waals surface area contributed by atoms with E-state index in [2.05, 4.69) is 0 Å². The van der Waals surface area contributed by atoms with Gasteiger partial charge in [0.1, 0.15) is 11.5 Å². The Morgan fingerprint density at radius 3 is 2.38 bits per heavy atom. The van der Waals surface area contributed by atoms with Gasteiger partial charge in [-0.05, 0) is 24.5 Å². The summed E-state index contributed by atoms with van der Waals surface area (Å²) < 4.78 is 50.1. The summed E-state index contributed by atoms with van der Waals surface area (Å²) in [5.41, 5.74) is -0.790. The zero-order chi connectivity index (χ0) is 19.2. The van der Waals surface area contributed by atoms with Crippen molar-refractivity contribution in [2.75, 3.05) is 6.61 Å². The van der Waals surface area contributed by atoms with E-state index < -0.39 is 23.8 Å². The van der Waals surface area contributed by atoms with Gasteiger partial charge in [0.25, 0.3) is 0 Å². The van der Waals surface area contributed by atoms with Gasteiger partial charge in [-0.1, -0.05) is 32.4 Å². The number of carboxylic acid groups (broad SMARTS) is 1. The number of carbonyl (C=O) groups is 1. The van der Waals surface area contributed by atoms with E-state index in [0.717, 1.165) is 6.08 Å². The number of hydrogen-bond acceptors (Lipinski definition) is 4. The van der Waals surface area contributed by atoms with E-state index in [0.29, 0.717) is 0 Å². The smallest absolute Gasteiger partial charge is 0.545 e. The van der Waals surface area contributed by atoms with Gasteiger partial charge in [0, 0.05) is 16.7 Å². The molecule has 0 radical (unpaired) electrons. The second kappa shape index (κ2) is 8.00. The molecule has 0 aliphatic carbocycles. The molecule has 0 spiro atoms. The van der Waals surface area contributed by atoms with Gasteiger partial charge in [0.2, 0.25) is 6.10 Å². The van der Waals surface area contributed by atoms with Crippen LogP contribution in [0.25, 0.3) is 6.08 Å². The second-order valence-corrected chi connectivity index (χ2v) is 7.41. The van der Waals surface area contributed by atoms with Gasteiger partial charge in [-0.3, -0.25) is 0 Å². The van der Waals surface area contributed by atoms with Gasteiger partial charge >= 0.3 is 35.7 Å². The molecule has 0 saturated heterocycles. The van der Waals surface area contributed by atoms with E-state index in [9.17, 15) is 23.1 Å². The van der Waals surface area contributed by atoms with Crippen LogP contribution < -0.4 is 44.1 Å². The van der Waals surface area contributed by atoms with E-state index in [4.69, 9.17) is 21.1 Å². The summed E-state index contributed by atoms with van der Waals surface area (Å²) in [5, 5.41) is 11.2. The van der Waals surface area contributed by atoms with Crippen LogP contribution in [0.5, 0.6) is 11.5 Å². The molecule has 0 bridgehead atoms. The molecule has 0 N–H and O–H groups in total. The number of aliphatic carboxylic acids is 1. The number of carbonyl (C=O) groups excluding carboxylic acids is 1. The Morgan fingerprint density at radius 1 is 1.35 bits per heavy atom. The fraction of sp³-hybridized carbons (Fsp3) is 0.471. The van der Waals surface area contributed by atoms with Crippen molar-refractivity contribution in [1.29, 1.82) is 0 Å². The standard InChI is InChI=1S/C17H18ClF3O4.Na/c1-8-12-9(6-11(18)13(8)24-7-16(2,3)4)5-10(15(22)23)14(25-12)17(19,20)21;/h5-6,14H,7H2,1-4H3,(H,22,23);/q;+1/p-1. The van der Waals surface area contributed by atoms with Crippen LogP contribution in [0.2, 0.25) is 5.02 Å². The molecule has 4 nitrogen and oxygen atoms in total. The van der Waals surface area contributed by atoms with Crippen LogP contribution in [-0.2, 0) is 4.79 Å². The fourth-order valence-electron chi connectivity index (χ4n) is 2.33. The van der Waals surface area contributed by atoms with Crippen LogP contribution in [0, 0.1) is 12.3 Å². The van der Waals surface area contributed by atoms with E-state index in [-0.39, 0.29) is 69.2 Å². The molecule has 2 rings (SSSR count). The van der Waals surface area contributed by atoms with Gasteiger partial charge < -0.3 is 19.4 Å². The van der Waals surface area contributed by atoms with Crippen LogP contribution in [0.15, 0.2) is 11.6 Å². The van der Waals surface area contributed by atoms with Crippen LogP contribution in [-0.4, -0.2) is 24.9 Å². The predicted octanol–water partition coefficient (Wildman–Crippen LogP) is 0.534. The summed E-state index contributed by atoms with van der Waals surface area (Å²) in [6.45, 7) is 7.59. The van der Waals surface area contributed by atoms with Crippen LogP contribution in [0.1, 0.15) is 31.9 Å². The number of benzene rings is 1. The predicted molar refractivity (Wildman–Crippen MR) is 84.6 cm³/mol. The van der Waals surface area contributed by atoms with Crippen molar-refractivity contribution < 1.29 is 62.1 Å². The van der Waals surface area contributed by atoms with E-state index in [1.165, 1.54) is 13.0 Å². The number of rotatable bonds is 3. The number of fused-ring (bicyclic) bond motifs is 1. The quantitative estimate of drug-likeness (QED) is 0.695. The summed E-state index contributed by atoms with van der Waals surface area (Å²) in [5.74, 6) is -1.85. The number of ether oxygens (including phenoxy) is 2. The third kappa shape index (κ3) is 5.09. The van der Waals surface area contributed by atoms with E-state index >= 15 is 0 Å². The molecule has 26 heavy (non-hydrogen) atoms. The first-order chi connectivity index (χ1) is 11.3. The topological polar surface area (TPSA) is 58.6 Å². The first kappa shape index (κ1) is 23.1. The summed E-state index contributed by atoms with van der Waals surface area (Å²) in [7, 11) is 0. The number of carboxylic acids is 1. The van der Waals surface area contributed by atoms with Gasteiger partial charge in [-0.15, -0.1) is 0 Å². The molecule has 0 amide bonds. The van der Waals surface area contributed by atoms with Crippen molar-refractivity contribution >= 4 is 23.6 Å². The Balaban J connectivity index is 0.00000338. The van der Waals surface area contributed by atoms with Gasteiger partial charge in [-0.2, -0.15) is 13.2 Å². The SMILES string of the molecule is Cc1c(OCC(C)(C)C)c(Cl)cc2c1OC(C(F)(F)F)C(C(=O)[O-])=C2.[Na+]. The van der Waals surface area contributed by atoms with Crippen molar-refractivity contribution in [2.45, 2.75) is 40.0 Å². The minimum Gasteiger partial charge on any atom is -0.545 e. The average Bonchev–Trinajstić information content (AvgIpc) is 2.43. The number of alkyl halides is 3. The third-order valence-corrected chi connectivity index (χ3v) is 3.73. The number of hydrogen-bond donors (Lipinski definition) is 0. The van der Waals surface area contributed by atoms with E-state index in [1.54, 1.807) is 0 Å². The molecule has 0 fully saturated rings. The maximum atomic E-state index is 13.1. The van der Waals surface area contributed by atoms with Crippen molar-refractivity contribution in [2.24, 2.45) is 5.41 Å². The van der Waals surface area contributed by atoms with Crippen molar-refractivity contribution in [3.8, 4) is 11.5 Å². The zero-order valence-electron chi connectivity index (χ0n) is 15.1. The van der Waals surface area contributed by atoms with Crippen molar-refractivity contribution in [3.05, 3.63) is 27.8 Å². The Morgan fingerprint density at radius 2 is 1.92 bits per heavy atom.